The molecule has 2 amide bonds. The molecule has 1 aromatic carbocycles. The summed E-state index contributed by atoms with van der Waals surface area (Å²) in [6.45, 7) is 3.61. The summed E-state index contributed by atoms with van der Waals surface area (Å²) in [7, 11) is 0. The molecular formula is C23H24N4O4S. The zero-order valence-corrected chi connectivity index (χ0v) is 18.3. The van der Waals surface area contributed by atoms with Gasteiger partial charge < -0.3 is 24.4 Å². The molecule has 8 nitrogen and oxygen atoms in total. The molecular weight excluding hydrogens is 428 g/mol. The second-order valence-electron chi connectivity index (χ2n) is 7.87. The lowest BCUT2D eigenvalue weighted by Crippen LogP contribution is -2.51. The highest BCUT2D eigenvalue weighted by Gasteiger charge is 2.30. The van der Waals surface area contributed by atoms with Crippen molar-refractivity contribution in [1.29, 1.82) is 0 Å². The van der Waals surface area contributed by atoms with Gasteiger partial charge in [0.15, 0.2) is 11.5 Å². The maximum Gasteiger partial charge on any atom is 0.277 e. The minimum atomic E-state index is -0.314. The van der Waals surface area contributed by atoms with Crippen LogP contribution in [0.1, 0.15) is 23.3 Å². The van der Waals surface area contributed by atoms with Crippen LogP contribution >= 0.6 is 11.3 Å². The maximum atomic E-state index is 12.5. The molecule has 0 unspecified atom stereocenters. The van der Waals surface area contributed by atoms with E-state index in [-0.39, 0.29) is 23.6 Å². The van der Waals surface area contributed by atoms with E-state index in [1.807, 2.05) is 46.7 Å². The number of nitrogens with one attached hydrogen (secondary N) is 1. The molecule has 0 radical (unpaired) electrons. The number of aromatic nitrogens is 1. The molecule has 3 aromatic rings. The van der Waals surface area contributed by atoms with Crippen LogP contribution in [0, 0.1) is 0 Å². The molecule has 1 atom stereocenters. The Bertz CT molecular complexity index is 1070. The number of carbonyl (C=O) groups is 2. The third-order valence-corrected chi connectivity index (χ3v) is 6.68. The van der Waals surface area contributed by atoms with Crippen molar-refractivity contribution in [1.82, 2.24) is 10.1 Å². The fourth-order valence-electron chi connectivity index (χ4n) is 4.03. The van der Waals surface area contributed by atoms with Crippen LogP contribution in [0.25, 0.3) is 10.6 Å². The van der Waals surface area contributed by atoms with Crippen LogP contribution in [0.3, 0.4) is 0 Å². The van der Waals surface area contributed by atoms with Gasteiger partial charge in [0.2, 0.25) is 0 Å². The number of thiophene rings is 1. The van der Waals surface area contributed by atoms with E-state index < -0.39 is 0 Å². The van der Waals surface area contributed by atoms with Crippen molar-refractivity contribution < 1.29 is 18.8 Å². The summed E-state index contributed by atoms with van der Waals surface area (Å²) in [5.41, 5.74) is 1.99. The van der Waals surface area contributed by atoms with Crippen LogP contribution in [0.5, 0.6) is 0 Å². The van der Waals surface area contributed by atoms with Crippen molar-refractivity contribution in [2.75, 3.05) is 43.0 Å². The van der Waals surface area contributed by atoms with Crippen molar-refractivity contribution in [3.05, 3.63) is 53.5 Å². The van der Waals surface area contributed by atoms with E-state index in [0.717, 1.165) is 36.5 Å². The van der Waals surface area contributed by atoms with Gasteiger partial charge in [0.1, 0.15) is 6.10 Å². The van der Waals surface area contributed by atoms with Gasteiger partial charge in [-0.05, 0) is 48.6 Å². The summed E-state index contributed by atoms with van der Waals surface area (Å²) in [6.07, 6.45) is 1.54. The molecule has 2 aromatic heterocycles. The Morgan fingerprint density at radius 3 is 2.59 bits per heavy atom. The molecule has 32 heavy (non-hydrogen) atoms. The van der Waals surface area contributed by atoms with Crippen molar-refractivity contribution >= 4 is 34.5 Å². The fourth-order valence-corrected chi connectivity index (χ4v) is 4.70. The molecule has 9 heteroatoms. The van der Waals surface area contributed by atoms with Crippen molar-refractivity contribution in [2.24, 2.45) is 0 Å². The van der Waals surface area contributed by atoms with Crippen LogP contribution in [0.2, 0.25) is 0 Å². The van der Waals surface area contributed by atoms with Crippen LogP contribution in [0.4, 0.5) is 11.4 Å². The largest absolute Gasteiger partial charge is 0.368 e. The van der Waals surface area contributed by atoms with Crippen LogP contribution in [-0.2, 0) is 9.53 Å². The smallest absolute Gasteiger partial charge is 0.277 e. The first-order valence-corrected chi connectivity index (χ1v) is 11.6. The lowest BCUT2D eigenvalue weighted by atomic mass is 10.2. The Morgan fingerprint density at radius 1 is 1.09 bits per heavy atom. The number of ether oxygens (including phenoxy) is 1. The highest BCUT2D eigenvalue weighted by Crippen LogP contribution is 2.26. The maximum absolute atomic E-state index is 12.5. The van der Waals surface area contributed by atoms with Gasteiger partial charge in [0.05, 0.1) is 4.88 Å². The molecule has 2 saturated heterocycles. The Balaban J connectivity index is 1.15. The Morgan fingerprint density at radius 2 is 1.91 bits per heavy atom. The number of hydrogen-bond donors (Lipinski definition) is 1. The predicted octanol–water partition coefficient (Wildman–Crippen LogP) is 3.48. The van der Waals surface area contributed by atoms with E-state index in [1.165, 1.54) is 11.3 Å². The minimum Gasteiger partial charge on any atom is -0.368 e. The fraction of sp³-hybridized carbons (Fsp3) is 0.348. The number of benzene rings is 1. The van der Waals surface area contributed by atoms with Gasteiger partial charge in [-0.2, -0.15) is 0 Å². The summed E-state index contributed by atoms with van der Waals surface area (Å²) in [5, 5.41) is 8.68. The second kappa shape index (κ2) is 9.13. The van der Waals surface area contributed by atoms with Crippen LogP contribution in [0.15, 0.2) is 52.4 Å². The lowest BCUT2D eigenvalue weighted by molar-refractivity contribution is -0.141. The van der Waals surface area contributed by atoms with Crippen molar-refractivity contribution in [2.45, 2.75) is 18.9 Å². The van der Waals surface area contributed by atoms with Gasteiger partial charge in [0.25, 0.3) is 11.8 Å². The van der Waals surface area contributed by atoms with E-state index in [9.17, 15) is 9.59 Å². The topological polar surface area (TPSA) is 87.9 Å². The average Bonchev–Trinajstić information content (AvgIpc) is 3.61. The average molecular weight is 453 g/mol. The number of hydrogen-bond acceptors (Lipinski definition) is 7. The Labute approximate surface area is 189 Å². The summed E-state index contributed by atoms with van der Waals surface area (Å²) in [4.78, 5) is 30.1. The van der Waals surface area contributed by atoms with E-state index >= 15 is 0 Å². The molecule has 0 spiro atoms. The van der Waals surface area contributed by atoms with Gasteiger partial charge in [-0.1, -0.05) is 11.2 Å². The lowest BCUT2D eigenvalue weighted by Gasteiger charge is -2.37. The zero-order chi connectivity index (χ0) is 21.9. The Hall–Kier alpha value is -3.17. The summed E-state index contributed by atoms with van der Waals surface area (Å²) in [5.74, 6) is 0.387. The molecule has 0 saturated carbocycles. The van der Waals surface area contributed by atoms with Gasteiger partial charge in [0, 0.05) is 50.2 Å². The van der Waals surface area contributed by atoms with Crippen molar-refractivity contribution in [3.63, 3.8) is 0 Å². The summed E-state index contributed by atoms with van der Waals surface area (Å²) >= 11 is 1.53. The highest BCUT2D eigenvalue weighted by atomic mass is 32.1. The third-order valence-electron chi connectivity index (χ3n) is 5.79. The molecule has 5 rings (SSSR count). The molecule has 0 bridgehead atoms. The quantitative estimate of drug-likeness (QED) is 0.638. The summed E-state index contributed by atoms with van der Waals surface area (Å²) in [6, 6.07) is 13.2. The zero-order valence-electron chi connectivity index (χ0n) is 17.5. The molecule has 2 aliphatic rings. The van der Waals surface area contributed by atoms with Crippen LogP contribution < -0.4 is 10.2 Å². The van der Waals surface area contributed by atoms with E-state index in [2.05, 4.69) is 15.4 Å². The monoisotopic (exact) mass is 452 g/mol. The number of carbonyl (C=O) groups excluding carboxylic acids is 2. The molecule has 2 aliphatic heterocycles. The molecule has 1 N–H and O–H groups in total. The Kier molecular flexibility index (Phi) is 5.91. The van der Waals surface area contributed by atoms with Crippen LogP contribution in [-0.4, -0.2) is 60.8 Å². The normalized spacial score (nSPS) is 18.7. The molecule has 4 heterocycles. The first-order valence-electron chi connectivity index (χ1n) is 10.7. The molecule has 0 aliphatic carbocycles. The van der Waals surface area contributed by atoms with Gasteiger partial charge >= 0.3 is 0 Å². The number of piperazine rings is 1. The van der Waals surface area contributed by atoms with E-state index in [1.54, 1.807) is 6.07 Å². The van der Waals surface area contributed by atoms with Gasteiger partial charge in [-0.3, -0.25) is 9.59 Å². The number of amides is 2. The summed E-state index contributed by atoms with van der Waals surface area (Å²) < 4.78 is 10.8. The van der Waals surface area contributed by atoms with Gasteiger partial charge in [-0.25, -0.2) is 0 Å². The minimum absolute atomic E-state index is 0.121. The van der Waals surface area contributed by atoms with E-state index in [4.69, 9.17) is 9.26 Å². The number of rotatable bonds is 5. The molecule has 2 fully saturated rings. The third kappa shape index (κ3) is 4.39. The second-order valence-corrected chi connectivity index (χ2v) is 8.82. The number of nitrogens with zero attached hydrogens (tertiary/aromatic N) is 3. The van der Waals surface area contributed by atoms with Gasteiger partial charge in [-0.15, -0.1) is 11.3 Å². The number of anilines is 2. The molecule has 166 valence electrons. The highest BCUT2D eigenvalue weighted by molar-refractivity contribution is 7.13. The first kappa shape index (κ1) is 20.7. The van der Waals surface area contributed by atoms with E-state index in [0.29, 0.717) is 31.1 Å². The van der Waals surface area contributed by atoms with Crippen molar-refractivity contribution in [3.8, 4) is 10.6 Å². The standard InChI is InChI=1S/C23H24N4O4S/c28-22(18-15-20(31-25-18)21-4-2-14-32-21)24-16-5-7-17(8-6-16)26-9-11-27(12-10-26)23(29)19-3-1-13-30-19/h2,4-8,14-15,19H,1,3,9-13H2,(H,24,28)/t19-/m0/s1. The SMILES string of the molecule is O=C(Nc1ccc(N2CCN(C(=O)[C@@H]3CCCO3)CC2)cc1)c1cc(-c2cccs2)on1. The first-order chi connectivity index (χ1) is 15.7. The predicted molar refractivity (Wildman–Crippen MR) is 122 cm³/mol.